The summed E-state index contributed by atoms with van der Waals surface area (Å²) in [6.07, 6.45) is -10.7. The summed E-state index contributed by atoms with van der Waals surface area (Å²) in [5, 5.41) is 0. The molecule has 0 aromatic carbocycles. The Kier molecular flexibility index (Phi) is 3.00. The first kappa shape index (κ1) is 12.9. The van der Waals surface area contributed by atoms with E-state index in [1.807, 2.05) is 0 Å². The van der Waals surface area contributed by atoms with E-state index in [0.29, 0.717) is 0 Å². The maximum Gasteiger partial charge on any atom is 0.404 e. The predicted octanol–water partition coefficient (Wildman–Crippen LogP) is 3.84. The van der Waals surface area contributed by atoms with Crippen molar-refractivity contribution >= 4 is 0 Å². The molecule has 1 rings (SSSR count). The monoisotopic (exact) mass is 245 g/mol. The second-order valence-corrected chi connectivity index (χ2v) is 3.55. The van der Waals surface area contributed by atoms with E-state index in [1.165, 1.54) is 13.8 Å². The van der Waals surface area contributed by atoms with Crippen LogP contribution in [-0.4, -0.2) is 17.3 Å². The van der Waals surface area contributed by atoms with Crippen molar-refractivity contribution in [2.75, 3.05) is 0 Å². The molecule has 0 amide bonds. The Labute approximate surface area is 87.5 Å². The van der Waals surface area contributed by atoms with Crippen LogP contribution in [0.3, 0.4) is 0 Å². The van der Waals surface area contributed by atoms with Crippen LogP contribution in [0.1, 0.15) is 22.9 Å². The molecule has 0 aliphatic heterocycles. The van der Waals surface area contributed by atoms with Crippen molar-refractivity contribution in [3.8, 4) is 0 Å². The van der Waals surface area contributed by atoms with Crippen LogP contribution in [0.5, 0.6) is 0 Å². The molecule has 1 N–H and O–H groups in total. The summed E-state index contributed by atoms with van der Waals surface area (Å²) in [4.78, 5) is 2.43. The SMILES string of the molecule is Cc1cc(C(C(F)(F)F)C(F)(F)F)c(C)[nH]1. The first-order valence-corrected chi connectivity index (χ1v) is 4.33. The van der Waals surface area contributed by atoms with Crippen LogP contribution < -0.4 is 0 Å². The lowest BCUT2D eigenvalue weighted by Gasteiger charge is -2.22. The van der Waals surface area contributed by atoms with Crippen molar-refractivity contribution in [1.82, 2.24) is 4.98 Å². The van der Waals surface area contributed by atoms with Crippen LogP contribution >= 0.6 is 0 Å². The van der Waals surface area contributed by atoms with Gasteiger partial charge in [-0.05, 0) is 25.5 Å². The molecule has 0 spiro atoms. The fraction of sp³-hybridized carbons (Fsp3) is 0.556. The maximum absolute atomic E-state index is 12.4. The van der Waals surface area contributed by atoms with Crippen molar-refractivity contribution in [2.24, 2.45) is 0 Å². The third kappa shape index (κ3) is 2.51. The highest BCUT2D eigenvalue weighted by Gasteiger charge is 2.58. The Morgan fingerprint density at radius 3 is 1.69 bits per heavy atom. The predicted molar refractivity (Wildman–Crippen MR) is 45.1 cm³/mol. The number of hydrogen-bond acceptors (Lipinski definition) is 0. The topological polar surface area (TPSA) is 15.8 Å². The average Bonchev–Trinajstić information content (AvgIpc) is 2.23. The Hall–Kier alpha value is -1.14. The molecule has 0 saturated heterocycles. The first-order chi connectivity index (χ1) is 7.03. The molecular weight excluding hydrogens is 236 g/mol. The fourth-order valence-electron chi connectivity index (χ4n) is 1.58. The Bertz CT molecular complexity index is 358. The van der Waals surface area contributed by atoms with Gasteiger partial charge in [0.25, 0.3) is 0 Å². The first-order valence-electron chi connectivity index (χ1n) is 4.33. The highest BCUT2D eigenvalue weighted by atomic mass is 19.4. The van der Waals surface area contributed by atoms with E-state index in [0.717, 1.165) is 6.07 Å². The van der Waals surface area contributed by atoms with Crippen LogP contribution in [0, 0.1) is 13.8 Å². The summed E-state index contributed by atoms with van der Waals surface area (Å²) in [6, 6.07) is 0.876. The Morgan fingerprint density at radius 1 is 1.00 bits per heavy atom. The van der Waals surface area contributed by atoms with Crippen molar-refractivity contribution in [2.45, 2.75) is 32.1 Å². The zero-order chi connectivity index (χ0) is 12.7. The fourth-order valence-corrected chi connectivity index (χ4v) is 1.58. The number of rotatable bonds is 1. The third-order valence-electron chi connectivity index (χ3n) is 2.16. The molecule has 0 bridgehead atoms. The smallest absolute Gasteiger partial charge is 0.362 e. The standard InChI is InChI=1S/C9H9F6N/c1-4-3-6(5(2)16-4)7(8(10,11)12)9(13,14)15/h3,7,16H,1-2H3. The molecule has 1 nitrogen and oxygen atoms in total. The van der Waals surface area contributed by atoms with Crippen LogP contribution in [0.2, 0.25) is 0 Å². The number of nitrogens with one attached hydrogen (secondary N) is 1. The molecule has 92 valence electrons. The number of aromatic amines is 1. The van der Waals surface area contributed by atoms with Gasteiger partial charge in [0.15, 0.2) is 5.92 Å². The van der Waals surface area contributed by atoms with Gasteiger partial charge in [0.1, 0.15) is 0 Å². The number of hydrogen-bond donors (Lipinski definition) is 1. The molecule has 1 aromatic rings. The molecule has 0 aliphatic carbocycles. The van der Waals surface area contributed by atoms with Gasteiger partial charge in [-0.2, -0.15) is 26.3 Å². The second kappa shape index (κ2) is 3.71. The van der Waals surface area contributed by atoms with E-state index in [1.54, 1.807) is 0 Å². The van der Waals surface area contributed by atoms with Crippen molar-refractivity contribution in [3.05, 3.63) is 23.0 Å². The number of alkyl halides is 6. The molecular formula is C9H9F6N. The van der Waals surface area contributed by atoms with Crippen molar-refractivity contribution in [3.63, 3.8) is 0 Å². The molecule has 1 heterocycles. The van der Waals surface area contributed by atoms with Gasteiger partial charge in [0.2, 0.25) is 0 Å². The van der Waals surface area contributed by atoms with Crippen LogP contribution in [-0.2, 0) is 0 Å². The van der Waals surface area contributed by atoms with Crippen LogP contribution in [0.25, 0.3) is 0 Å². The van der Waals surface area contributed by atoms with Gasteiger partial charge in [0.05, 0.1) is 0 Å². The Morgan fingerprint density at radius 2 is 1.44 bits per heavy atom. The third-order valence-corrected chi connectivity index (χ3v) is 2.16. The summed E-state index contributed by atoms with van der Waals surface area (Å²) in [7, 11) is 0. The van der Waals surface area contributed by atoms with Gasteiger partial charge >= 0.3 is 12.4 Å². The van der Waals surface area contributed by atoms with E-state index in [4.69, 9.17) is 0 Å². The highest BCUT2D eigenvalue weighted by molar-refractivity contribution is 5.30. The molecule has 16 heavy (non-hydrogen) atoms. The molecule has 1 aromatic heterocycles. The van der Waals surface area contributed by atoms with E-state index in [2.05, 4.69) is 4.98 Å². The summed E-state index contributed by atoms with van der Waals surface area (Å²) >= 11 is 0. The van der Waals surface area contributed by atoms with Gasteiger partial charge in [-0.1, -0.05) is 0 Å². The molecule has 0 saturated carbocycles. The van der Waals surface area contributed by atoms with Crippen LogP contribution in [0.15, 0.2) is 6.07 Å². The lowest BCUT2D eigenvalue weighted by molar-refractivity contribution is -0.253. The molecule has 0 fully saturated rings. The largest absolute Gasteiger partial charge is 0.404 e. The zero-order valence-corrected chi connectivity index (χ0v) is 8.42. The quantitative estimate of drug-likeness (QED) is 0.723. The lowest BCUT2D eigenvalue weighted by atomic mass is 9.98. The Balaban J connectivity index is 3.28. The molecule has 0 aliphatic rings. The zero-order valence-electron chi connectivity index (χ0n) is 8.42. The van der Waals surface area contributed by atoms with Gasteiger partial charge < -0.3 is 4.98 Å². The number of aryl methyl sites for hydroxylation is 2. The highest BCUT2D eigenvalue weighted by Crippen LogP contribution is 2.47. The lowest BCUT2D eigenvalue weighted by Crippen LogP contribution is -2.34. The minimum atomic E-state index is -5.34. The number of aromatic nitrogens is 1. The minimum Gasteiger partial charge on any atom is -0.362 e. The van der Waals surface area contributed by atoms with E-state index < -0.39 is 23.8 Å². The summed E-state index contributed by atoms with van der Waals surface area (Å²) < 4.78 is 74.1. The second-order valence-electron chi connectivity index (χ2n) is 3.55. The average molecular weight is 245 g/mol. The van der Waals surface area contributed by atoms with Gasteiger partial charge in [0, 0.05) is 11.4 Å². The molecule has 0 unspecified atom stereocenters. The van der Waals surface area contributed by atoms with Gasteiger partial charge in [-0.25, -0.2) is 0 Å². The van der Waals surface area contributed by atoms with E-state index in [-0.39, 0.29) is 11.4 Å². The van der Waals surface area contributed by atoms with Crippen molar-refractivity contribution < 1.29 is 26.3 Å². The maximum atomic E-state index is 12.4. The van der Waals surface area contributed by atoms with Crippen molar-refractivity contribution in [1.29, 1.82) is 0 Å². The normalized spacial score (nSPS) is 13.6. The van der Waals surface area contributed by atoms with Gasteiger partial charge in [-0.3, -0.25) is 0 Å². The van der Waals surface area contributed by atoms with E-state index >= 15 is 0 Å². The van der Waals surface area contributed by atoms with Gasteiger partial charge in [-0.15, -0.1) is 0 Å². The van der Waals surface area contributed by atoms with Crippen LogP contribution in [0.4, 0.5) is 26.3 Å². The number of halogens is 6. The molecule has 0 atom stereocenters. The molecule has 0 radical (unpaired) electrons. The molecule has 7 heteroatoms. The number of H-pyrrole nitrogens is 1. The summed E-state index contributed by atoms with van der Waals surface area (Å²) in [5.74, 6) is -3.43. The summed E-state index contributed by atoms with van der Waals surface area (Å²) in [6.45, 7) is 2.59. The minimum absolute atomic E-state index is 0.114. The summed E-state index contributed by atoms with van der Waals surface area (Å²) in [5.41, 5.74) is -0.611. The van der Waals surface area contributed by atoms with E-state index in [9.17, 15) is 26.3 Å².